The summed E-state index contributed by atoms with van der Waals surface area (Å²) in [4.78, 5) is 13.4. The number of nitro benzene ring substituents is 1. The number of rotatable bonds is 4. The Balaban J connectivity index is 2.19. The fourth-order valence-corrected chi connectivity index (χ4v) is 2.72. The molecule has 3 N–H and O–H groups in total. The van der Waals surface area contributed by atoms with Gasteiger partial charge in [0.15, 0.2) is 0 Å². The monoisotopic (exact) mass is 347 g/mol. The van der Waals surface area contributed by atoms with Crippen LogP contribution < -0.4 is 15.5 Å². The molecule has 26 heavy (non-hydrogen) atoms. The van der Waals surface area contributed by atoms with E-state index in [4.69, 9.17) is 10.5 Å². The normalized spacial score (nSPS) is 10.2. The van der Waals surface area contributed by atoms with Crippen LogP contribution in [0.4, 0.5) is 11.5 Å². The van der Waals surface area contributed by atoms with Crippen molar-refractivity contribution in [1.82, 2.24) is 0 Å². The predicted molar refractivity (Wildman–Crippen MR) is 96.2 cm³/mol. The second kappa shape index (κ2) is 6.91. The van der Waals surface area contributed by atoms with Crippen molar-refractivity contribution in [2.24, 2.45) is 0 Å². The Kier molecular flexibility index (Phi) is 4.50. The lowest BCUT2D eigenvalue weighted by Crippen LogP contribution is -2.16. The fourth-order valence-electron chi connectivity index (χ4n) is 2.72. The van der Waals surface area contributed by atoms with Crippen LogP contribution in [0.2, 0.25) is 0 Å². The van der Waals surface area contributed by atoms with Crippen molar-refractivity contribution in [2.45, 2.75) is 0 Å². The minimum Gasteiger partial charge on any atom is -0.496 e. The van der Waals surface area contributed by atoms with Crippen LogP contribution in [0, 0.1) is 21.4 Å². The van der Waals surface area contributed by atoms with E-state index in [2.05, 4.69) is 11.1 Å². The van der Waals surface area contributed by atoms with Crippen molar-refractivity contribution in [1.29, 1.82) is 5.26 Å². The van der Waals surface area contributed by atoms with Gasteiger partial charge in [0.25, 0.3) is 11.5 Å². The number of nitrogens with zero attached hydrogens (tertiary/aromatic N) is 2. The molecule has 1 heterocycles. The molecule has 0 aliphatic carbocycles. The number of pyridine rings is 1. The highest BCUT2D eigenvalue weighted by Crippen LogP contribution is 2.35. The molecule has 2 aromatic carbocycles. The molecule has 0 aliphatic heterocycles. The molecule has 0 unspecified atom stereocenters. The number of ether oxygens (including phenoxy) is 1. The number of para-hydroxylation sites is 1. The molecule has 0 saturated carbocycles. The van der Waals surface area contributed by atoms with Gasteiger partial charge in [-0.3, -0.25) is 15.8 Å². The lowest BCUT2D eigenvalue weighted by atomic mass is 9.97. The molecule has 0 aliphatic rings. The van der Waals surface area contributed by atoms with Crippen molar-refractivity contribution in [3.8, 4) is 34.2 Å². The van der Waals surface area contributed by atoms with Crippen molar-refractivity contribution < 1.29 is 14.6 Å². The highest BCUT2D eigenvalue weighted by molar-refractivity contribution is 5.81. The number of nitro groups is 1. The summed E-state index contributed by atoms with van der Waals surface area (Å²) in [5, 5.41) is 20.3. The Morgan fingerprint density at radius 3 is 2.46 bits per heavy atom. The van der Waals surface area contributed by atoms with E-state index in [1.54, 1.807) is 31.4 Å². The number of nitrogens with one attached hydrogen (secondary N) is 1. The van der Waals surface area contributed by atoms with Gasteiger partial charge in [-0.1, -0.05) is 18.2 Å². The first-order valence-corrected chi connectivity index (χ1v) is 7.69. The summed E-state index contributed by atoms with van der Waals surface area (Å²) >= 11 is 0. The maximum atomic E-state index is 10.8. The highest BCUT2D eigenvalue weighted by atomic mass is 16.6. The van der Waals surface area contributed by atoms with Gasteiger partial charge in [0.1, 0.15) is 23.1 Å². The van der Waals surface area contributed by atoms with Gasteiger partial charge >= 0.3 is 0 Å². The van der Waals surface area contributed by atoms with Gasteiger partial charge in [-0.2, -0.15) is 5.26 Å². The van der Waals surface area contributed by atoms with E-state index in [0.717, 1.165) is 5.56 Å². The van der Waals surface area contributed by atoms with Crippen molar-refractivity contribution in [3.05, 3.63) is 70.3 Å². The van der Waals surface area contributed by atoms with E-state index < -0.39 is 4.92 Å². The fraction of sp³-hybridized carbons (Fsp3) is 0.0526. The van der Waals surface area contributed by atoms with Gasteiger partial charge in [-0.15, -0.1) is 0 Å². The Labute approximate surface area is 149 Å². The summed E-state index contributed by atoms with van der Waals surface area (Å²) in [6, 6.07) is 17.3. The topological polar surface area (TPSA) is 116 Å². The average molecular weight is 347 g/mol. The Hall–Kier alpha value is -3.92. The number of nitriles is 1. The van der Waals surface area contributed by atoms with Crippen LogP contribution >= 0.6 is 0 Å². The second-order valence-electron chi connectivity index (χ2n) is 5.50. The Bertz CT molecular complexity index is 1020. The number of H-pyrrole nitrogens is 1. The molecular weight excluding hydrogens is 332 g/mol. The number of nitrogens with two attached hydrogens (primary N) is 1. The Morgan fingerprint density at radius 1 is 1.15 bits per heavy atom. The molecule has 7 nitrogen and oxygen atoms in total. The van der Waals surface area contributed by atoms with E-state index in [-0.39, 0.29) is 11.5 Å². The molecular formula is C19H15N4O3+. The van der Waals surface area contributed by atoms with E-state index >= 15 is 0 Å². The van der Waals surface area contributed by atoms with Gasteiger partial charge in [-0.05, 0) is 24.3 Å². The largest absolute Gasteiger partial charge is 0.496 e. The highest BCUT2D eigenvalue weighted by Gasteiger charge is 2.19. The van der Waals surface area contributed by atoms with Crippen LogP contribution in [0.15, 0.2) is 54.6 Å². The standard InChI is InChI=1S/C19H14N4O3/c1-26-18-5-3-2-4-14(18)15-10-17(22-19(21)16(15)11-20)12-6-8-13(9-7-12)23(24)25/h2-10H,1H3,(H2,21,22)/p+1. The minimum atomic E-state index is -0.457. The van der Waals surface area contributed by atoms with Crippen LogP contribution in [-0.4, -0.2) is 12.0 Å². The number of nitrogen functional groups attached to an aromatic ring is 1. The van der Waals surface area contributed by atoms with Gasteiger partial charge in [0.2, 0.25) is 0 Å². The summed E-state index contributed by atoms with van der Waals surface area (Å²) < 4.78 is 5.39. The molecule has 0 radical (unpaired) electrons. The number of benzene rings is 2. The summed E-state index contributed by atoms with van der Waals surface area (Å²) in [6.45, 7) is 0. The minimum absolute atomic E-state index is 0.000295. The average Bonchev–Trinajstić information content (AvgIpc) is 2.67. The first kappa shape index (κ1) is 16.9. The molecule has 3 rings (SSSR count). The summed E-state index contributed by atoms with van der Waals surface area (Å²) in [6.07, 6.45) is 0. The molecule has 0 fully saturated rings. The molecule has 0 atom stereocenters. The molecule has 7 heteroatoms. The number of aromatic amines is 1. The maximum Gasteiger partial charge on any atom is 0.289 e. The maximum absolute atomic E-state index is 10.8. The predicted octanol–water partition coefficient (Wildman–Crippen LogP) is 3.21. The van der Waals surface area contributed by atoms with E-state index in [1.807, 2.05) is 18.2 Å². The van der Waals surface area contributed by atoms with Crippen LogP contribution in [0.5, 0.6) is 5.75 Å². The molecule has 0 amide bonds. The van der Waals surface area contributed by atoms with Crippen molar-refractivity contribution >= 4 is 11.5 Å². The van der Waals surface area contributed by atoms with Crippen LogP contribution in [0.25, 0.3) is 22.4 Å². The van der Waals surface area contributed by atoms with Crippen LogP contribution in [0.3, 0.4) is 0 Å². The third kappa shape index (κ3) is 3.03. The van der Waals surface area contributed by atoms with Gasteiger partial charge in [0, 0.05) is 28.8 Å². The number of methoxy groups -OCH3 is 1. The number of hydrogen-bond donors (Lipinski definition) is 1. The first-order chi connectivity index (χ1) is 12.5. The quantitative estimate of drug-likeness (QED) is 0.574. The Morgan fingerprint density at radius 2 is 1.85 bits per heavy atom. The molecule has 1 aromatic heterocycles. The van der Waals surface area contributed by atoms with Crippen molar-refractivity contribution in [2.75, 3.05) is 12.8 Å². The number of anilines is 1. The summed E-state index contributed by atoms with van der Waals surface area (Å²) in [7, 11) is 1.56. The number of aromatic nitrogens is 1. The smallest absolute Gasteiger partial charge is 0.289 e. The summed E-state index contributed by atoms with van der Waals surface area (Å²) in [5.41, 5.74) is 9.06. The zero-order valence-corrected chi connectivity index (χ0v) is 13.9. The lowest BCUT2D eigenvalue weighted by molar-refractivity contribution is -0.384. The lowest BCUT2D eigenvalue weighted by Gasteiger charge is -2.11. The van der Waals surface area contributed by atoms with Gasteiger partial charge in [0.05, 0.1) is 12.0 Å². The van der Waals surface area contributed by atoms with Gasteiger partial charge < -0.3 is 4.74 Å². The van der Waals surface area contributed by atoms with Crippen molar-refractivity contribution in [3.63, 3.8) is 0 Å². The van der Waals surface area contributed by atoms with Crippen LogP contribution in [-0.2, 0) is 0 Å². The SMILES string of the molecule is COc1ccccc1-c1cc(-c2ccc([N+](=O)[O-])cc2)[nH+]c(N)c1C#N. The summed E-state index contributed by atoms with van der Waals surface area (Å²) in [5.74, 6) is 0.827. The van der Waals surface area contributed by atoms with Gasteiger partial charge in [-0.25, -0.2) is 4.98 Å². The molecule has 128 valence electrons. The second-order valence-corrected chi connectivity index (χ2v) is 5.50. The third-order valence-electron chi connectivity index (χ3n) is 3.99. The molecule has 0 spiro atoms. The molecule has 3 aromatic rings. The number of non-ortho nitro benzene ring substituents is 1. The van der Waals surface area contributed by atoms with E-state index in [0.29, 0.717) is 28.1 Å². The zero-order valence-electron chi connectivity index (χ0n) is 13.9. The number of hydrogen-bond acceptors (Lipinski definition) is 5. The van der Waals surface area contributed by atoms with E-state index in [9.17, 15) is 15.4 Å². The third-order valence-corrected chi connectivity index (χ3v) is 3.99. The zero-order chi connectivity index (χ0) is 18.7. The molecule has 0 bridgehead atoms. The van der Waals surface area contributed by atoms with Crippen LogP contribution in [0.1, 0.15) is 5.56 Å². The first-order valence-electron chi connectivity index (χ1n) is 7.69. The molecule has 0 saturated heterocycles. The van der Waals surface area contributed by atoms with E-state index in [1.165, 1.54) is 12.1 Å².